The number of rotatable bonds is 11. The summed E-state index contributed by atoms with van der Waals surface area (Å²) in [4.78, 5) is 30.8. The monoisotopic (exact) mass is 793 g/mol. The standard InChI is InChI=1S/C49H56BNO6Si/c1-49(2,3)58(40-23-12-6-13-24-40,41-25-14-7-15-26-41)56-33-37-31-42-46(48(54)51(47(42)53)38-20-10-5-11-21-38)43-32-50(55)57-44(45(37)43)28-27-36(35-18-8-4-9-19-35)29-34-17-16-22-39(52)30-34/h4,6-9,12-19,22-26,29-30,38,42-44,46,52,55H,5,10-11,20-21,27-28,31-33H2,1-3H3/b36-29-/t42-,43+,44-,46-/m1/s1. The third-order valence-corrected chi connectivity index (χ3v) is 18.2. The summed E-state index contributed by atoms with van der Waals surface area (Å²) >= 11 is 0. The van der Waals surface area contributed by atoms with Gasteiger partial charge in [0.25, 0.3) is 8.32 Å². The Kier molecular flexibility index (Phi) is 11.8. The maximum Gasteiger partial charge on any atom is 0.455 e. The molecule has 2 aliphatic heterocycles. The highest BCUT2D eigenvalue weighted by atomic mass is 28.4. The van der Waals surface area contributed by atoms with E-state index in [2.05, 4.69) is 87.5 Å². The SMILES string of the molecule is CC(C)(C)[Si](OCC1=C2[C@@H](CC/C(=C/c3cccc(O)c3)c3ccccc3)OB(O)C[C@@H]2[C@@H]2C(=O)N(C3CCCCC3)C(=O)[C@@H]2C1)(c1ccccc1)c1ccccc1. The predicted molar refractivity (Wildman–Crippen MR) is 234 cm³/mol. The molecule has 58 heavy (non-hydrogen) atoms. The fourth-order valence-corrected chi connectivity index (χ4v) is 15.2. The molecule has 2 saturated heterocycles. The lowest BCUT2D eigenvalue weighted by Crippen LogP contribution is -2.66. The average molecular weight is 794 g/mol. The van der Waals surface area contributed by atoms with Gasteiger partial charge in [-0.3, -0.25) is 14.5 Å². The number of likely N-dealkylation sites (tertiary alicyclic amines) is 1. The molecule has 3 fully saturated rings. The second-order valence-corrected chi connectivity index (χ2v) is 22.1. The number of imide groups is 1. The first-order chi connectivity index (χ1) is 28.0. The number of amides is 2. The van der Waals surface area contributed by atoms with Crippen LogP contribution < -0.4 is 10.4 Å². The minimum absolute atomic E-state index is 0.0539. The summed E-state index contributed by atoms with van der Waals surface area (Å²) in [7, 11) is -4.05. The molecule has 0 bridgehead atoms. The van der Waals surface area contributed by atoms with Crippen LogP contribution in [0, 0.1) is 17.8 Å². The zero-order chi connectivity index (χ0) is 40.4. The van der Waals surface area contributed by atoms with Gasteiger partial charge in [-0.2, -0.15) is 0 Å². The maximum absolute atomic E-state index is 14.6. The summed E-state index contributed by atoms with van der Waals surface area (Å²) in [6.07, 6.45) is 8.37. The molecule has 2 N–H and O–H groups in total. The molecule has 0 spiro atoms. The molecule has 0 radical (unpaired) electrons. The summed E-state index contributed by atoms with van der Waals surface area (Å²) in [6.45, 7) is 7.11. The van der Waals surface area contributed by atoms with Crippen LogP contribution in [0.3, 0.4) is 0 Å². The first-order valence-electron chi connectivity index (χ1n) is 21.3. The second-order valence-electron chi connectivity index (χ2n) is 17.8. The van der Waals surface area contributed by atoms with Crippen LogP contribution in [-0.2, 0) is 18.7 Å². The molecule has 300 valence electrons. The number of allylic oxidation sites excluding steroid dienone is 1. The van der Waals surface area contributed by atoms with Gasteiger partial charge in [-0.25, -0.2) is 0 Å². The fourth-order valence-electron chi connectivity index (χ4n) is 10.6. The lowest BCUT2D eigenvalue weighted by atomic mass is 9.58. The van der Waals surface area contributed by atoms with E-state index in [0.29, 0.717) is 25.9 Å². The topological polar surface area (TPSA) is 96.3 Å². The third-order valence-electron chi connectivity index (χ3n) is 13.2. The Labute approximate surface area is 345 Å². The second kappa shape index (κ2) is 17.0. The number of carbonyl (C=O) groups is 2. The lowest BCUT2D eigenvalue weighted by molar-refractivity contribution is -0.143. The zero-order valence-electron chi connectivity index (χ0n) is 34.1. The number of phenolic OH excluding ortho intramolecular Hbond substituents is 1. The van der Waals surface area contributed by atoms with Crippen molar-refractivity contribution in [1.82, 2.24) is 4.90 Å². The molecule has 8 rings (SSSR count). The highest BCUT2D eigenvalue weighted by molar-refractivity contribution is 6.99. The number of carbonyl (C=O) groups excluding carboxylic acids is 2. The molecule has 4 aromatic rings. The van der Waals surface area contributed by atoms with Crippen molar-refractivity contribution in [2.75, 3.05) is 6.61 Å². The molecule has 4 aromatic carbocycles. The largest absolute Gasteiger partial charge is 0.508 e. The van der Waals surface area contributed by atoms with E-state index in [1.807, 2.05) is 42.5 Å². The molecule has 9 heteroatoms. The molecule has 7 nitrogen and oxygen atoms in total. The van der Waals surface area contributed by atoms with Crippen molar-refractivity contribution in [3.63, 3.8) is 0 Å². The quantitative estimate of drug-likeness (QED) is 0.0686. The highest BCUT2D eigenvalue weighted by Gasteiger charge is 2.59. The minimum atomic E-state index is -2.97. The first kappa shape index (κ1) is 40.3. The van der Waals surface area contributed by atoms with E-state index in [9.17, 15) is 19.7 Å². The Morgan fingerprint density at radius 1 is 0.845 bits per heavy atom. The molecule has 2 aliphatic carbocycles. The fraction of sp³-hybridized carbons (Fsp3) is 0.388. The van der Waals surface area contributed by atoms with E-state index in [-0.39, 0.29) is 40.9 Å². The Hall–Kier alpha value is -4.54. The van der Waals surface area contributed by atoms with Crippen LogP contribution in [0.2, 0.25) is 11.4 Å². The van der Waals surface area contributed by atoms with Crippen LogP contribution in [-0.4, -0.2) is 61.0 Å². The van der Waals surface area contributed by atoms with Crippen molar-refractivity contribution < 1.29 is 28.8 Å². The minimum Gasteiger partial charge on any atom is -0.508 e. The molecular formula is C49H56BNO6Si. The zero-order valence-corrected chi connectivity index (χ0v) is 35.1. The smallest absolute Gasteiger partial charge is 0.455 e. The number of phenols is 1. The van der Waals surface area contributed by atoms with E-state index in [1.54, 1.807) is 17.0 Å². The third kappa shape index (κ3) is 7.82. The Balaban J connectivity index is 1.21. The summed E-state index contributed by atoms with van der Waals surface area (Å²) < 4.78 is 14.1. The van der Waals surface area contributed by atoms with Gasteiger partial charge in [-0.1, -0.05) is 149 Å². The maximum atomic E-state index is 14.6. The summed E-state index contributed by atoms with van der Waals surface area (Å²) in [5.74, 6) is -1.28. The Morgan fingerprint density at radius 2 is 1.48 bits per heavy atom. The van der Waals surface area contributed by atoms with Gasteiger partial charge in [0.05, 0.1) is 24.5 Å². The van der Waals surface area contributed by atoms with Crippen molar-refractivity contribution >= 4 is 49.3 Å². The lowest BCUT2D eigenvalue weighted by Gasteiger charge is -2.46. The molecule has 1 saturated carbocycles. The van der Waals surface area contributed by atoms with Crippen LogP contribution in [0.15, 0.2) is 126 Å². The molecule has 0 aromatic heterocycles. The molecule has 4 aliphatic rings. The van der Waals surface area contributed by atoms with Crippen molar-refractivity contribution in [3.8, 4) is 5.75 Å². The van der Waals surface area contributed by atoms with Crippen LogP contribution in [0.4, 0.5) is 0 Å². The number of hydrogen-bond acceptors (Lipinski definition) is 6. The molecule has 0 unspecified atom stereocenters. The van der Waals surface area contributed by atoms with E-state index < -0.39 is 33.4 Å². The number of aromatic hydroxyl groups is 1. The van der Waals surface area contributed by atoms with Crippen LogP contribution in [0.5, 0.6) is 5.75 Å². The summed E-state index contributed by atoms with van der Waals surface area (Å²) in [5, 5.41) is 23.9. The van der Waals surface area contributed by atoms with Crippen molar-refractivity contribution in [3.05, 3.63) is 138 Å². The summed E-state index contributed by atoms with van der Waals surface area (Å²) in [5.41, 5.74) is 5.08. The van der Waals surface area contributed by atoms with Gasteiger partial charge >= 0.3 is 7.12 Å². The van der Waals surface area contributed by atoms with E-state index in [0.717, 1.165) is 60.0 Å². The van der Waals surface area contributed by atoms with Gasteiger partial charge in [0, 0.05) is 6.04 Å². The van der Waals surface area contributed by atoms with Gasteiger partial charge in [-0.15, -0.1) is 0 Å². The Morgan fingerprint density at radius 3 is 2.10 bits per heavy atom. The average Bonchev–Trinajstić information content (AvgIpc) is 3.48. The van der Waals surface area contributed by atoms with Crippen LogP contribution in [0.25, 0.3) is 11.6 Å². The first-order valence-corrected chi connectivity index (χ1v) is 23.2. The molecular weight excluding hydrogens is 737 g/mol. The van der Waals surface area contributed by atoms with Gasteiger partial charge < -0.3 is 19.2 Å². The number of benzene rings is 4. The van der Waals surface area contributed by atoms with E-state index in [1.165, 1.54) is 10.4 Å². The number of hydrogen-bond donors (Lipinski definition) is 2. The number of nitrogens with zero attached hydrogens (tertiary/aromatic N) is 1. The normalized spacial score (nSPS) is 23.3. The van der Waals surface area contributed by atoms with Gasteiger partial charge in [0.1, 0.15) is 5.75 Å². The number of fused-ring (bicyclic) bond motifs is 3. The van der Waals surface area contributed by atoms with Crippen molar-refractivity contribution in [1.29, 1.82) is 0 Å². The van der Waals surface area contributed by atoms with E-state index in [4.69, 9.17) is 9.08 Å². The van der Waals surface area contributed by atoms with Gasteiger partial charge in [0.15, 0.2) is 0 Å². The van der Waals surface area contributed by atoms with Crippen LogP contribution in [0.1, 0.15) is 83.3 Å². The predicted octanol–water partition coefficient (Wildman–Crippen LogP) is 8.42. The Bertz CT molecular complexity index is 2110. The highest BCUT2D eigenvalue weighted by Crippen LogP contribution is 2.52. The van der Waals surface area contributed by atoms with Gasteiger partial charge in [0.2, 0.25) is 11.8 Å². The van der Waals surface area contributed by atoms with Gasteiger partial charge in [-0.05, 0) is 99.7 Å². The van der Waals surface area contributed by atoms with Crippen molar-refractivity contribution in [2.45, 2.75) is 95.6 Å². The van der Waals surface area contributed by atoms with E-state index >= 15 is 0 Å². The molecule has 2 amide bonds. The molecule has 4 atom stereocenters. The molecule has 2 heterocycles. The van der Waals surface area contributed by atoms with Crippen LogP contribution >= 0.6 is 0 Å². The van der Waals surface area contributed by atoms with Crippen molar-refractivity contribution in [2.24, 2.45) is 17.8 Å². The summed E-state index contributed by atoms with van der Waals surface area (Å²) in [6, 6.07) is 38.6.